The van der Waals surface area contributed by atoms with Crippen LogP contribution < -0.4 is 5.32 Å². The Labute approximate surface area is 106 Å². The number of nitrogens with zero attached hydrogens (tertiary/aromatic N) is 2. The second-order valence-electron chi connectivity index (χ2n) is 4.20. The van der Waals surface area contributed by atoms with E-state index in [1.54, 1.807) is 18.6 Å². The van der Waals surface area contributed by atoms with Gasteiger partial charge in [0.2, 0.25) is 0 Å². The van der Waals surface area contributed by atoms with Crippen molar-refractivity contribution in [2.45, 2.75) is 19.9 Å². The maximum absolute atomic E-state index is 12.9. The van der Waals surface area contributed by atoms with E-state index in [1.165, 1.54) is 11.6 Å². The summed E-state index contributed by atoms with van der Waals surface area (Å²) < 4.78 is 12.9. The lowest BCUT2D eigenvalue weighted by molar-refractivity contribution is 0.624. The van der Waals surface area contributed by atoms with Gasteiger partial charge in [-0.05, 0) is 49.2 Å². The fraction of sp³-hybridized carbons (Fsp3) is 0.286. The Morgan fingerprint density at radius 2 is 2.17 bits per heavy atom. The highest BCUT2D eigenvalue weighted by atomic mass is 19.1. The normalized spacial score (nSPS) is 10.6. The number of halogens is 1. The summed E-state index contributed by atoms with van der Waals surface area (Å²) in [5.74, 6) is -0.176. The average molecular weight is 245 g/mol. The fourth-order valence-electron chi connectivity index (χ4n) is 1.80. The molecule has 94 valence electrons. The Balaban J connectivity index is 1.79. The number of aryl methyl sites for hydroxylation is 1. The van der Waals surface area contributed by atoms with Crippen LogP contribution in [-0.2, 0) is 13.0 Å². The molecule has 2 rings (SSSR count). The van der Waals surface area contributed by atoms with Crippen LogP contribution in [-0.4, -0.2) is 16.5 Å². The zero-order chi connectivity index (χ0) is 12.8. The van der Waals surface area contributed by atoms with Gasteiger partial charge in [0.15, 0.2) is 0 Å². The van der Waals surface area contributed by atoms with Crippen molar-refractivity contribution < 1.29 is 4.39 Å². The lowest BCUT2D eigenvalue weighted by Gasteiger charge is -2.07. The first-order chi connectivity index (χ1) is 8.75. The molecule has 1 aromatic carbocycles. The third-order valence-electron chi connectivity index (χ3n) is 2.83. The van der Waals surface area contributed by atoms with Crippen LogP contribution in [0.2, 0.25) is 0 Å². The molecule has 1 N–H and O–H groups in total. The van der Waals surface area contributed by atoms with Gasteiger partial charge in [-0.3, -0.25) is 0 Å². The molecule has 18 heavy (non-hydrogen) atoms. The minimum atomic E-state index is -0.176. The summed E-state index contributed by atoms with van der Waals surface area (Å²) in [6.45, 7) is 3.50. The molecule has 0 atom stereocenters. The molecular formula is C14H16FN3. The Bertz CT molecular complexity index is 500. The van der Waals surface area contributed by atoms with Crippen LogP contribution in [0, 0.1) is 12.7 Å². The molecule has 2 aromatic rings. The Hall–Kier alpha value is -1.81. The molecule has 1 heterocycles. The number of benzene rings is 1. The maximum Gasteiger partial charge on any atom is 0.123 e. The van der Waals surface area contributed by atoms with Gasteiger partial charge < -0.3 is 5.32 Å². The van der Waals surface area contributed by atoms with E-state index < -0.39 is 0 Å². The van der Waals surface area contributed by atoms with Gasteiger partial charge in [0, 0.05) is 12.7 Å². The first-order valence-corrected chi connectivity index (χ1v) is 5.96. The summed E-state index contributed by atoms with van der Waals surface area (Å²) in [6.07, 6.45) is 4.16. The van der Waals surface area contributed by atoms with Crippen molar-refractivity contribution in [2.75, 3.05) is 6.54 Å². The Morgan fingerprint density at radius 1 is 1.28 bits per heavy atom. The first-order valence-electron chi connectivity index (χ1n) is 5.96. The van der Waals surface area contributed by atoms with Crippen LogP contribution in [0.5, 0.6) is 0 Å². The molecule has 0 aliphatic heterocycles. The lowest BCUT2D eigenvalue weighted by Crippen LogP contribution is -2.17. The highest BCUT2D eigenvalue weighted by molar-refractivity contribution is 5.26. The standard InChI is InChI=1S/C14H16FN3/c1-11-8-13(15)3-2-12(11)4-6-16-9-14-5-7-17-10-18-14/h2-3,5,7-8,10,16H,4,6,9H2,1H3. The third kappa shape index (κ3) is 3.60. The van der Waals surface area contributed by atoms with E-state index in [2.05, 4.69) is 15.3 Å². The molecule has 0 spiro atoms. The maximum atomic E-state index is 12.9. The van der Waals surface area contributed by atoms with Gasteiger partial charge in [0.1, 0.15) is 12.1 Å². The van der Waals surface area contributed by atoms with E-state index >= 15 is 0 Å². The molecule has 1 aromatic heterocycles. The van der Waals surface area contributed by atoms with Crippen LogP contribution in [0.1, 0.15) is 16.8 Å². The van der Waals surface area contributed by atoms with E-state index in [9.17, 15) is 4.39 Å². The van der Waals surface area contributed by atoms with E-state index in [1.807, 2.05) is 19.1 Å². The quantitative estimate of drug-likeness (QED) is 0.821. The van der Waals surface area contributed by atoms with E-state index in [4.69, 9.17) is 0 Å². The smallest absolute Gasteiger partial charge is 0.123 e. The zero-order valence-electron chi connectivity index (χ0n) is 10.4. The SMILES string of the molecule is Cc1cc(F)ccc1CCNCc1ccncn1. The minimum absolute atomic E-state index is 0.176. The van der Waals surface area contributed by atoms with E-state index in [0.717, 1.165) is 30.8 Å². The molecule has 0 bridgehead atoms. The molecule has 0 aliphatic carbocycles. The summed E-state index contributed by atoms with van der Waals surface area (Å²) in [5, 5.41) is 3.31. The first kappa shape index (κ1) is 12.6. The predicted molar refractivity (Wildman–Crippen MR) is 68.6 cm³/mol. The van der Waals surface area contributed by atoms with Gasteiger partial charge in [-0.15, -0.1) is 0 Å². The van der Waals surface area contributed by atoms with Crippen molar-refractivity contribution in [2.24, 2.45) is 0 Å². The molecule has 0 unspecified atom stereocenters. The number of hydrogen-bond acceptors (Lipinski definition) is 3. The second-order valence-corrected chi connectivity index (χ2v) is 4.20. The van der Waals surface area contributed by atoms with Crippen molar-refractivity contribution in [3.63, 3.8) is 0 Å². The zero-order valence-corrected chi connectivity index (χ0v) is 10.4. The number of hydrogen-bond donors (Lipinski definition) is 1. The summed E-state index contributed by atoms with van der Waals surface area (Å²) in [5.41, 5.74) is 3.14. The molecule has 0 saturated carbocycles. The van der Waals surface area contributed by atoms with Crippen LogP contribution in [0.3, 0.4) is 0 Å². The molecule has 0 radical (unpaired) electrons. The van der Waals surface area contributed by atoms with Crippen molar-refractivity contribution >= 4 is 0 Å². The molecule has 4 heteroatoms. The summed E-state index contributed by atoms with van der Waals surface area (Å²) in [4.78, 5) is 8.00. The van der Waals surface area contributed by atoms with Gasteiger partial charge in [-0.25, -0.2) is 14.4 Å². The number of nitrogens with one attached hydrogen (secondary N) is 1. The fourth-order valence-corrected chi connectivity index (χ4v) is 1.80. The van der Waals surface area contributed by atoms with Crippen LogP contribution in [0.4, 0.5) is 4.39 Å². The summed E-state index contributed by atoms with van der Waals surface area (Å²) >= 11 is 0. The van der Waals surface area contributed by atoms with Gasteiger partial charge in [-0.1, -0.05) is 6.07 Å². The van der Waals surface area contributed by atoms with Gasteiger partial charge in [0.25, 0.3) is 0 Å². The minimum Gasteiger partial charge on any atom is -0.311 e. The second kappa shape index (κ2) is 6.21. The lowest BCUT2D eigenvalue weighted by atomic mass is 10.1. The topological polar surface area (TPSA) is 37.8 Å². The average Bonchev–Trinajstić information content (AvgIpc) is 2.38. The molecule has 0 fully saturated rings. The van der Waals surface area contributed by atoms with Crippen molar-refractivity contribution in [3.8, 4) is 0 Å². The van der Waals surface area contributed by atoms with Crippen molar-refractivity contribution in [3.05, 3.63) is 59.4 Å². The molecule has 0 saturated heterocycles. The van der Waals surface area contributed by atoms with Gasteiger partial charge in [0.05, 0.1) is 5.69 Å². The van der Waals surface area contributed by atoms with Crippen LogP contribution >= 0.6 is 0 Å². The number of rotatable bonds is 5. The van der Waals surface area contributed by atoms with Crippen molar-refractivity contribution in [1.82, 2.24) is 15.3 Å². The molecule has 0 amide bonds. The summed E-state index contributed by atoms with van der Waals surface area (Å²) in [7, 11) is 0. The highest BCUT2D eigenvalue weighted by Crippen LogP contribution is 2.10. The van der Waals surface area contributed by atoms with Crippen molar-refractivity contribution in [1.29, 1.82) is 0 Å². The summed E-state index contributed by atoms with van der Waals surface area (Å²) in [6, 6.07) is 6.81. The van der Waals surface area contributed by atoms with Crippen LogP contribution in [0.25, 0.3) is 0 Å². The highest BCUT2D eigenvalue weighted by Gasteiger charge is 2.00. The Kier molecular flexibility index (Phi) is 4.36. The third-order valence-corrected chi connectivity index (χ3v) is 2.83. The largest absolute Gasteiger partial charge is 0.311 e. The van der Waals surface area contributed by atoms with Gasteiger partial charge in [-0.2, -0.15) is 0 Å². The van der Waals surface area contributed by atoms with E-state index in [0.29, 0.717) is 0 Å². The van der Waals surface area contributed by atoms with Crippen LogP contribution in [0.15, 0.2) is 36.8 Å². The molecule has 3 nitrogen and oxygen atoms in total. The molecular weight excluding hydrogens is 229 g/mol. The van der Waals surface area contributed by atoms with E-state index in [-0.39, 0.29) is 5.82 Å². The monoisotopic (exact) mass is 245 g/mol. The predicted octanol–water partition coefficient (Wildman–Crippen LogP) is 2.26. The molecule has 0 aliphatic rings. The number of aromatic nitrogens is 2. The Morgan fingerprint density at radius 3 is 2.89 bits per heavy atom. The van der Waals surface area contributed by atoms with Gasteiger partial charge >= 0.3 is 0 Å².